The van der Waals surface area contributed by atoms with Crippen LogP contribution in [0.5, 0.6) is 11.5 Å². The van der Waals surface area contributed by atoms with E-state index in [0.717, 1.165) is 11.1 Å². The Bertz CT molecular complexity index is 709. The van der Waals surface area contributed by atoms with Gasteiger partial charge in [0.2, 0.25) is 0 Å². The summed E-state index contributed by atoms with van der Waals surface area (Å²) in [5.74, 6) is -1.09. The average molecular weight is 284 g/mol. The molecule has 108 valence electrons. The van der Waals surface area contributed by atoms with Gasteiger partial charge in [-0.1, -0.05) is 18.2 Å². The van der Waals surface area contributed by atoms with Crippen LogP contribution in [0, 0.1) is 13.8 Å². The zero-order chi connectivity index (χ0) is 15.4. The van der Waals surface area contributed by atoms with Crippen molar-refractivity contribution in [3.05, 3.63) is 58.7 Å². The average Bonchev–Trinajstić information content (AvgIpc) is 2.45. The zero-order valence-corrected chi connectivity index (χ0v) is 11.8. The number of amides is 1. The van der Waals surface area contributed by atoms with Crippen LogP contribution in [0.4, 0.5) is 0 Å². The fourth-order valence-corrected chi connectivity index (χ4v) is 1.74. The topological polar surface area (TPSA) is 81.9 Å². The molecule has 2 rings (SSSR count). The van der Waals surface area contributed by atoms with Crippen molar-refractivity contribution in [3.63, 3.8) is 0 Å². The minimum absolute atomic E-state index is 0.211. The lowest BCUT2D eigenvalue weighted by Gasteiger charge is -2.03. The molecule has 5 heteroatoms. The van der Waals surface area contributed by atoms with E-state index in [4.69, 9.17) is 0 Å². The maximum atomic E-state index is 11.8. The number of hydrogen-bond acceptors (Lipinski definition) is 4. The molecule has 1 amide bonds. The van der Waals surface area contributed by atoms with Crippen LogP contribution in [0.1, 0.15) is 27.0 Å². The number of hydrogen-bond donors (Lipinski definition) is 3. The largest absolute Gasteiger partial charge is 0.504 e. The van der Waals surface area contributed by atoms with Gasteiger partial charge in [0.1, 0.15) is 0 Å². The number of rotatable bonds is 3. The van der Waals surface area contributed by atoms with Gasteiger partial charge in [0.15, 0.2) is 11.5 Å². The molecule has 0 spiro atoms. The Labute approximate surface area is 122 Å². The summed E-state index contributed by atoms with van der Waals surface area (Å²) in [6, 6.07) is 9.68. The first-order valence-electron chi connectivity index (χ1n) is 6.40. The fourth-order valence-electron chi connectivity index (χ4n) is 1.74. The van der Waals surface area contributed by atoms with Crippen molar-refractivity contribution >= 4 is 12.1 Å². The van der Waals surface area contributed by atoms with Crippen LogP contribution >= 0.6 is 0 Å². The molecule has 0 bridgehead atoms. The molecule has 0 aliphatic carbocycles. The smallest absolute Gasteiger partial charge is 0.271 e. The molecule has 2 aromatic rings. The Morgan fingerprint density at radius 3 is 2.48 bits per heavy atom. The summed E-state index contributed by atoms with van der Waals surface area (Å²) in [5, 5.41) is 22.4. The molecule has 0 atom stereocenters. The van der Waals surface area contributed by atoms with Crippen molar-refractivity contribution < 1.29 is 15.0 Å². The highest BCUT2D eigenvalue weighted by Crippen LogP contribution is 2.24. The molecule has 0 radical (unpaired) electrons. The third-order valence-corrected chi connectivity index (χ3v) is 3.15. The van der Waals surface area contributed by atoms with Gasteiger partial charge in [-0.15, -0.1) is 0 Å². The molecular weight excluding hydrogens is 268 g/mol. The summed E-state index contributed by atoms with van der Waals surface area (Å²) in [5.41, 5.74) is 5.80. The highest BCUT2D eigenvalue weighted by molar-refractivity contribution is 5.95. The Kier molecular flexibility index (Phi) is 4.23. The number of phenolic OH excluding ortho intramolecular Hbond substituents is 2. The Morgan fingerprint density at radius 1 is 1.05 bits per heavy atom. The van der Waals surface area contributed by atoms with Gasteiger partial charge in [-0.3, -0.25) is 4.79 Å². The molecule has 0 heterocycles. The van der Waals surface area contributed by atoms with Crippen molar-refractivity contribution in [1.82, 2.24) is 5.43 Å². The number of carbonyl (C=O) groups excluding carboxylic acids is 1. The molecule has 0 aromatic heterocycles. The number of nitrogens with zero attached hydrogens (tertiary/aromatic N) is 1. The second-order valence-corrected chi connectivity index (χ2v) is 4.75. The minimum Gasteiger partial charge on any atom is -0.504 e. The van der Waals surface area contributed by atoms with Gasteiger partial charge in [0.05, 0.1) is 6.21 Å². The van der Waals surface area contributed by atoms with Gasteiger partial charge in [-0.05, 0) is 48.7 Å². The van der Waals surface area contributed by atoms with Crippen molar-refractivity contribution in [2.75, 3.05) is 0 Å². The molecule has 2 aromatic carbocycles. The van der Waals surface area contributed by atoms with E-state index in [-0.39, 0.29) is 17.1 Å². The standard InChI is InChI=1S/C16H16N2O3/c1-10-3-4-12(7-11(10)2)9-17-18-16(21)13-5-6-14(19)15(20)8-13/h3-9,19-20H,1-2H3,(H,18,21)/b17-9+. The minimum atomic E-state index is -0.467. The maximum Gasteiger partial charge on any atom is 0.271 e. The highest BCUT2D eigenvalue weighted by Gasteiger charge is 2.07. The van der Waals surface area contributed by atoms with Crippen LogP contribution in [-0.2, 0) is 0 Å². The monoisotopic (exact) mass is 284 g/mol. The van der Waals surface area contributed by atoms with Crippen LogP contribution in [0.2, 0.25) is 0 Å². The first kappa shape index (κ1) is 14.6. The van der Waals surface area contributed by atoms with E-state index in [1.165, 1.54) is 23.8 Å². The summed E-state index contributed by atoms with van der Waals surface area (Å²) < 4.78 is 0. The number of benzene rings is 2. The van der Waals surface area contributed by atoms with Crippen molar-refractivity contribution in [1.29, 1.82) is 0 Å². The zero-order valence-electron chi connectivity index (χ0n) is 11.8. The molecule has 5 nitrogen and oxygen atoms in total. The summed E-state index contributed by atoms with van der Waals surface area (Å²) >= 11 is 0. The first-order chi connectivity index (χ1) is 9.97. The number of nitrogens with one attached hydrogen (secondary N) is 1. The van der Waals surface area contributed by atoms with E-state index in [1.54, 1.807) is 6.21 Å². The maximum absolute atomic E-state index is 11.8. The van der Waals surface area contributed by atoms with Gasteiger partial charge < -0.3 is 10.2 Å². The van der Waals surface area contributed by atoms with Gasteiger partial charge in [-0.25, -0.2) is 5.43 Å². The van der Waals surface area contributed by atoms with E-state index in [2.05, 4.69) is 10.5 Å². The highest BCUT2D eigenvalue weighted by atomic mass is 16.3. The van der Waals surface area contributed by atoms with E-state index in [9.17, 15) is 15.0 Å². The second kappa shape index (κ2) is 6.09. The summed E-state index contributed by atoms with van der Waals surface area (Å²) in [4.78, 5) is 11.8. The first-order valence-corrected chi connectivity index (χ1v) is 6.40. The lowest BCUT2D eigenvalue weighted by Crippen LogP contribution is -2.17. The lowest BCUT2D eigenvalue weighted by molar-refractivity contribution is 0.0954. The van der Waals surface area contributed by atoms with E-state index >= 15 is 0 Å². The third kappa shape index (κ3) is 3.60. The van der Waals surface area contributed by atoms with Gasteiger partial charge in [0.25, 0.3) is 5.91 Å². The molecule has 0 fully saturated rings. The molecule has 0 saturated carbocycles. The van der Waals surface area contributed by atoms with Crippen LogP contribution < -0.4 is 5.43 Å². The molecule has 3 N–H and O–H groups in total. The summed E-state index contributed by atoms with van der Waals surface area (Å²) in [6.07, 6.45) is 1.55. The molecule has 0 unspecified atom stereocenters. The summed E-state index contributed by atoms with van der Waals surface area (Å²) in [7, 11) is 0. The van der Waals surface area contributed by atoms with Crippen LogP contribution in [0.3, 0.4) is 0 Å². The summed E-state index contributed by atoms with van der Waals surface area (Å²) in [6.45, 7) is 4.03. The van der Waals surface area contributed by atoms with Gasteiger partial charge >= 0.3 is 0 Å². The number of aromatic hydroxyl groups is 2. The predicted octanol–water partition coefficient (Wildman–Crippen LogP) is 2.48. The van der Waals surface area contributed by atoms with E-state index < -0.39 is 5.91 Å². The molecular formula is C16H16N2O3. The van der Waals surface area contributed by atoms with Gasteiger partial charge in [0, 0.05) is 5.56 Å². The lowest BCUT2D eigenvalue weighted by atomic mass is 10.1. The van der Waals surface area contributed by atoms with Crippen molar-refractivity contribution in [2.45, 2.75) is 13.8 Å². The molecule has 0 saturated heterocycles. The number of aryl methyl sites for hydroxylation is 2. The number of phenols is 2. The number of carbonyl (C=O) groups is 1. The van der Waals surface area contributed by atoms with E-state index in [0.29, 0.717) is 0 Å². The molecule has 0 aliphatic rings. The van der Waals surface area contributed by atoms with Crippen molar-refractivity contribution in [3.8, 4) is 11.5 Å². The van der Waals surface area contributed by atoms with Crippen molar-refractivity contribution in [2.24, 2.45) is 5.10 Å². The van der Waals surface area contributed by atoms with Crippen LogP contribution in [-0.4, -0.2) is 22.3 Å². The van der Waals surface area contributed by atoms with Crippen LogP contribution in [0.15, 0.2) is 41.5 Å². The SMILES string of the molecule is Cc1ccc(/C=N/NC(=O)c2ccc(O)c(O)c2)cc1C. The number of hydrazone groups is 1. The Hall–Kier alpha value is -2.82. The molecule has 21 heavy (non-hydrogen) atoms. The second-order valence-electron chi connectivity index (χ2n) is 4.75. The van der Waals surface area contributed by atoms with E-state index in [1.807, 2.05) is 32.0 Å². The fraction of sp³-hybridized carbons (Fsp3) is 0.125. The predicted molar refractivity (Wildman–Crippen MR) is 80.7 cm³/mol. The van der Waals surface area contributed by atoms with Crippen LogP contribution in [0.25, 0.3) is 0 Å². The third-order valence-electron chi connectivity index (χ3n) is 3.15. The normalized spacial score (nSPS) is 10.8. The van der Waals surface area contributed by atoms with Gasteiger partial charge in [-0.2, -0.15) is 5.10 Å². The quantitative estimate of drug-likeness (QED) is 0.460. The Balaban J connectivity index is 2.04. The Morgan fingerprint density at radius 2 is 1.81 bits per heavy atom. The molecule has 0 aliphatic heterocycles.